The number of hydrogen-bond donors (Lipinski definition) is 1. The summed E-state index contributed by atoms with van der Waals surface area (Å²) in [6.07, 6.45) is 1.48. The number of aryl methyl sites for hydroxylation is 1. The van der Waals surface area contributed by atoms with Crippen LogP contribution in [0.3, 0.4) is 0 Å². The van der Waals surface area contributed by atoms with Crippen molar-refractivity contribution in [3.63, 3.8) is 0 Å². The Bertz CT molecular complexity index is 1400. The summed E-state index contributed by atoms with van der Waals surface area (Å²) in [5.74, 6) is -0.575. The average Bonchev–Trinajstić information content (AvgIpc) is 2.76. The van der Waals surface area contributed by atoms with E-state index in [0.29, 0.717) is 5.69 Å². The second-order valence-electron chi connectivity index (χ2n) is 6.83. The van der Waals surface area contributed by atoms with Gasteiger partial charge in [0, 0.05) is 33.4 Å². The molecule has 10 nitrogen and oxygen atoms in total. The number of aromatic nitrogens is 3. The highest BCUT2D eigenvalue weighted by Gasteiger charge is 2.20. The first-order valence-corrected chi connectivity index (χ1v) is 10.6. The van der Waals surface area contributed by atoms with E-state index in [-0.39, 0.29) is 28.2 Å². The fourth-order valence-corrected chi connectivity index (χ4v) is 4.09. The van der Waals surface area contributed by atoms with Gasteiger partial charge in [0.25, 0.3) is 11.5 Å². The number of carbonyl (C=O) groups excluding carboxylic acids is 1. The van der Waals surface area contributed by atoms with Crippen LogP contribution in [0.25, 0.3) is 11.0 Å². The van der Waals surface area contributed by atoms with Crippen LogP contribution in [-0.4, -0.2) is 46.3 Å². The third kappa shape index (κ3) is 4.05. The topological polar surface area (TPSA) is 123 Å². The van der Waals surface area contributed by atoms with Crippen molar-refractivity contribution in [2.24, 2.45) is 14.1 Å². The summed E-state index contributed by atoms with van der Waals surface area (Å²) in [6, 6.07) is 8.49. The van der Waals surface area contributed by atoms with Crippen molar-refractivity contribution in [1.82, 2.24) is 18.4 Å². The minimum absolute atomic E-state index is 0.00170. The van der Waals surface area contributed by atoms with Gasteiger partial charge in [-0.05, 0) is 36.4 Å². The molecule has 31 heavy (non-hydrogen) atoms. The smallest absolute Gasteiger partial charge is 0.321 e. The summed E-state index contributed by atoms with van der Waals surface area (Å²) in [7, 11) is 0.601. The minimum Gasteiger partial charge on any atom is -0.321 e. The Morgan fingerprint density at radius 3 is 2.39 bits per heavy atom. The Morgan fingerprint density at radius 1 is 1.13 bits per heavy atom. The van der Waals surface area contributed by atoms with E-state index in [9.17, 15) is 22.8 Å². The van der Waals surface area contributed by atoms with E-state index >= 15 is 0 Å². The number of nitrogens with zero attached hydrogens (tertiary/aromatic N) is 4. The van der Waals surface area contributed by atoms with Crippen molar-refractivity contribution in [2.45, 2.75) is 4.90 Å². The molecule has 1 amide bonds. The Hall–Kier alpha value is -3.57. The predicted molar refractivity (Wildman–Crippen MR) is 117 cm³/mol. The van der Waals surface area contributed by atoms with Gasteiger partial charge in [-0.1, -0.05) is 6.08 Å². The molecule has 2 aromatic heterocycles. The number of anilines is 1. The first-order valence-electron chi connectivity index (χ1n) is 9.13. The molecule has 0 saturated carbocycles. The van der Waals surface area contributed by atoms with E-state index in [1.807, 2.05) is 0 Å². The van der Waals surface area contributed by atoms with Crippen LogP contribution in [0.15, 0.2) is 63.5 Å². The molecule has 1 N–H and O–H groups in total. The minimum atomic E-state index is -3.67. The number of sulfonamides is 1. The number of pyridine rings is 1. The summed E-state index contributed by atoms with van der Waals surface area (Å²) in [4.78, 5) is 41.2. The molecular formula is C20H21N5O5S. The number of nitrogens with one attached hydrogen (secondary N) is 1. The van der Waals surface area contributed by atoms with Crippen LogP contribution in [0.1, 0.15) is 10.5 Å². The van der Waals surface area contributed by atoms with Gasteiger partial charge in [0.15, 0.2) is 0 Å². The molecule has 0 spiro atoms. The van der Waals surface area contributed by atoms with Crippen molar-refractivity contribution in [2.75, 3.05) is 18.9 Å². The van der Waals surface area contributed by atoms with Crippen LogP contribution in [-0.2, 0) is 24.1 Å². The normalized spacial score (nSPS) is 11.6. The average molecular weight is 443 g/mol. The second-order valence-corrected chi connectivity index (χ2v) is 8.87. The van der Waals surface area contributed by atoms with Crippen molar-refractivity contribution < 1.29 is 13.2 Å². The van der Waals surface area contributed by atoms with Gasteiger partial charge in [-0.3, -0.25) is 18.7 Å². The lowest BCUT2D eigenvalue weighted by atomic mass is 10.2. The highest BCUT2D eigenvalue weighted by atomic mass is 32.2. The lowest BCUT2D eigenvalue weighted by Gasteiger charge is -2.15. The highest BCUT2D eigenvalue weighted by Crippen LogP contribution is 2.18. The summed E-state index contributed by atoms with van der Waals surface area (Å²) in [5, 5.41) is 2.83. The van der Waals surface area contributed by atoms with E-state index in [0.717, 1.165) is 8.87 Å². The quantitative estimate of drug-likeness (QED) is 0.559. The zero-order valence-electron chi connectivity index (χ0n) is 17.2. The SMILES string of the molecule is C=CCN(C)S(=O)(=O)c1ccc(NC(=O)c2ccc3c(=O)n(C)c(=O)n(C)c3n2)cc1. The molecule has 162 valence electrons. The number of benzene rings is 1. The summed E-state index contributed by atoms with van der Waals surface area (Å²) in [5.41, 5.74) is -0.614. The molecule has 0 aliphatic carbocycles. The Labute approximate surface area is 178 Å². The van der Waals surface area contributed by atoms with Gasteiger partial charge in [0.1, 0.15) is 11.3 Å². The van der Waals surface area contributed by atoms with E-state index < -0.39 is 27.2 Å². The van der Waals surface area contributed by atoms with Crippen LogP contribution in [0, 0.1) is 0 Å². The maximum Gasteiger partial charge on any atom is 0.332 e. The monoisotopic (exact) mass is 443 g/mol. The zero-order chi connectivity index (χ0) is 22.9. The molecule has 0 atom stereocenters. The van der Waals surface area contributed by atoms with Gasteiger partial charge >= 0.3 is 5.69 Å². The number of rotatable bonds is 6. The lowest BCUT2D eigenvalue weighted by Crippen LogP contribution is -2.37. The number of hydrogen-bond acceptors (Lipinski definition) is 6. The third-order valence-corrected chi connectivity index (χ3v) is 6.58. The van der Waals surface area contributed by atoms with Crippen LogP contribution in [0.2, 0.25) is 0 Å². The molecule has 3 aromatic rings. The Kier molecular flexibility index (Phi) is 5.91. The Morgan fingerprint density at radius 2 is 1.77 bits per heavy atom. The molecule has 0 bridgehead atoms. The molecular weight excluding hydrogens is 422 g/mol. The molecule has 0 radical (unpaired) electrons. The fourth-order valence-electron chi connectivity index (χ4n) is 2.95. The highest BCUT2D eigenvalue weighted by molar-refractivity contribution is 7.89. The Balaban J connectivity index is 1.88. The predicted octanol–water partition coefficient (Wildman–Crippen LogP) is 0.691. The molecule has 2 heterocycles. The van der Waals surface area contributed by atoms with Crippen molar-refractivity contribution >= 4 is 32.7 Å². The van der Waals surface area contributed by atoms with Gasteiger partial charge < -0.3 is 5.32 Å². The van der Waals surface area contributed by atoms with Crippen LogP contribution in [0.4, 0.5) is 5.69 Å². The molecule has 0 fully saturated rings. The molecule has 3 rings (SSSR count). The van der Waals surface area contributed by atoms with Crippen LogP contribution < -0.4 is 16.6 Å². The van der Waals surface area contributed by atoms with Gasteiger partial charge in [0.2, 0.25) is 10.0 Å². The van der Waals surface area contributed by atoms with Crippen molar-refractivity contribution in [3.05, 3.63) is 75.6 Å². The number of carbonyl (C=O) groups is 1. The lowest BCUT2D eigenvalue weighted by molar-refractivity contribution is 0.102. The maximum atomic E-state index is 12.6. The molecule has 11 heteroatoms. The maximum absolute atomic E-state index is 12.6. The van der Waals surface area contributed by atoms with E-state index in [1.165, 1.54) is 68.2 Å². The summed E-state index contributed by atoms with van der Waals surface area (Å²) < 4.78 is 28.2. The fraction of sp³-hybridized carbons (Fsp3) is 0.200. The third-order valence-electron chi connectivity index (χ3n) is 4.74. The first kappa shape index (κ1) is 22.1. The van der Waals surface area contributed by atoms with E-state index in [1.54, 1.807) is 0 Å². The standard InChI is InChI=1S/C20H21N5O5S/c1-5-12-23(2)31(29,30)14-8-6-13(7-9-14)21-18(26)16-11-10-15-17(22-16)24(3)20(28)25(4)19(15)27/h5-11H,1,12H2,2-4H3,(H,21,26). The zero-order valence-corrected chi connectivity index (χ0v) is 18.0. The molecule has 0 unspecified atom stereocenters. The first-order chi connectivity index (χ1) is 14.6. The van der Waals surface area contributed by atoms with Gasteiger partial charge in [-0.25, -0.2) is 18.2 Å². The second kappa shape index (κ2) is 8.28. The van der Waals surface area contributed by atoms with Crippen molar-refractivity contribution in [3.8, 4) is 0 Å². The molecule has 1 aromatic carbocycles. The van der Waals surface area contributed by atoms with Crippen LogP contribution in [0.5, 0.6) is 0 Å². The summed E-state index contributed by atoms with van der Waals surface area (Å²) >= 11 is 0. The molecule has 0 saturated heterocycles. The number of likely N-dealkylation sites (N-methyl/N-ethyl adjacent to an activating group) is 1. The van der Waals surface area contributed by atoms with Gasteiger partial charge in [0.05, 0.1) is 10.3 Å². The van der Waals surface area contributed by atoms with Crippen LogP contribution >= 0.6 is 0 Å². The van der Waals surface area contributed by atoms with Gasteiger partial charge in [-0.15, -0.1) is 6.58 Å². The van der Waals surface area contributed by atoms with E-state index in [4.69, 9.17) is 0 Å². The van der Waals surface area contributed by atoms with Gasteiger partial charge in [-0.2, -0.15) is 4.31 Å². The van der Waals surface area contributed by atoms with E-state index in [2.05, 4.69) is 16.9 Å². The molecule has 0 aliphatic rings. The summed E-state index contributed by atoms with van der Waals surface area (Å²) in [6.45, 7) is 3.69. The number of amides is 1. The van der Waals surface area contributed by atoms with Crippen molar-refractivity contribution in [1.29, 1.82) is 0 Å². The largest absolute Gasteiger partial charge is 0.332 e. The molecule has 0 aliphatic heterocycles. The number of fused-ring (bicyclic) bond motifs is 1.